The van der Waals surface area contributed by atoms with Crippen LogP contribution in [-0.4, -0.2) is 34.3 Å². The van der Waals surface area contributed by atoms with Gasteiger partial charge in [0.2, 0.25) is 0 Å². The average Bonchev–Trinajstić information content (AvgIpc) is 3.41. The first kappa shape index (κ1) is 16.6. The van der Waals surface area contributed by atoms with Crippen molar-refractivity contribution in [1.82, 2.24) is 14.6 Å². The Balaban J connectivity index is 1.57. The Morgan fingerprint density at radius 3 is 2.89 bits per heavy atom. The number of hydrogen-bond acceptors (Lipinski definition) is 4. The smallest absolute Gasteiger partial charge is 0.154 e. The Kier molecular flexibility index (Phi) is 4.44. The average molecular weight is 362 g/mol. The van der Waals surface area contributed by atoms with Crippen LogP contribution in [0.1, 0.15) is 38.5 Å². The minimum atomic E-state index is 0.781. The molecule has 3 heterocycles. The summed E-state index contributed by atoms with van der Waals surface area (Å²) in [6.45, 7) is 2.98. The van der Waals surface area contributed by atoms with Crippen LogP contribution in [0.25, 0.3) is 16.9 Å². The molecule has 0 amide bonds. The van der Waals surface area contributed by atoms with E-state index in [1.807, 2.05) is 22.8 Å². The molecule has 5 rings (SSSR count). The van der Waals surface area contributed by atoms with Crippen molar-refractivity contribution in [3.05, 3.63) is 42.6 Å². The molecular weight excluding hydrogens is 336 g/mol. The van der Waals surface area contributed by atoms with E-state index in [4.69, 9.17) is 9.84 Å². The van der Waals surface area contributed by atoms with E-state index in [1.165, 1.54) is 32.1 Å². The molecule has 0 radical (unpaired) electrons. The SMILES string of the molecule is c1cc2cc(c1)-c1cnc3ccc(nn13)N(CC1CC1)CCCCCCO2. The summed E-state index contributed by atoms with van der Waals surface area (Å²) in [7, 11) is 0. The van der Waals surface area contributed by atoms with E-state index in [2.05, 4.69) is 34.1 Å². The van der Waals surface area contributed by atoms with Gasteiger partial charge in [-0.15, -0.1) is 5.10 Å². The first-order valence-electron chi connectivity index (χ1n) is 10.2. The second kappa shape index (κ2) is 7.22. The molecule has 2 aromatic heterocycles. The number of nitrogens with zero attached hydrogens (tertiary/aromatic N) is 4. The molecule has 0 N–H and O–H groups in total. The fourth-order valence-electron chi connectivity index (χ4n) is 3.83. The summed E-state index contributed by atoms with van der Waals surface area (Å²) >= 11 is 0. The van der Waals surface area contributed by atoms with Gasteiger partial charge in [0, 0.05) is 18.7 Å². The van der Waals surface area contributed by atoms with Gasteiger partial charge < -0.3 is 9.64 Å². The summed E-state index contributed by atoms with van der Waals surface area (Å²) in [4.78, 5) is 7.04. The quantitative estimate of drug-likeness (QED) is 0.670. The first-order chi connectivity index (χ1) is 13.4. The fourth-order valence-corrected chi connectivity index (χ4v) is 3.83. The van der Waals surface area contributed by atoms with Crippen molar-refractivity contribution in [2.45, 2.75) is 38.5 Å². The van der Waals surface area contributed by atoms with Crippen LogP contribution in [0, 0.1) is 5.92 Å². The molecule has 1 fully saturated rings. The highest BCUT2D eigenvalue weighted by atomic mass is 16.5. The summed E-state index contributed by atoms with van der Waals surface area (Å²) in [6.07, 6.45) is 9.40. The molecule has 0 atom stereocenters. The summed E-state index contributed by atoms with van der Waals surface area (Å²) in [5, 5.41) is 4.98. The molecule has 4 bridgehead atoms. The van der Waals surface area contributed by atoms with Gasteiger partial charge in [-0.05, 0) is 55.9 Å². The summed E-state index contributed by atoms with van der Waals surface area (Å²) in [5.74, 6) is 2.83. The van der Waals surface area contributed by atoms with Crippen LogP contribution < -0.4 is 9.64 Å². The largest absolute Gasteiger partial charge is 0.494 e. The maximum absolute atomic E-state index is 5.97. The van der Waals surface area contributed by atoms with Crippen molar-refractivity contribution in [2.24, 2.45) is 5.92 Å². The highest BCUT2D eigenvalue weighted by Crippen LogP contribution is 2.32. The molecule has 1 aliphatic heterocycles. The molecule has 0 saturated heterocycles. The standard InChI is InChI=1S/C22H26N4O/c1-2-4-13-27-19-7-5-6-18(14-19)20-15-23-21-10-11-22(24-26(20)21)25(12-3-1)16-17-8-9-17/h5-7,10-11,14-15,17H,1-4,8-9,12-13,16H2. The van der Waals surface area contributed by atoms with E-state index in [0.717, 1.165) is 60.5 Å². The van der Waals surface area contributed by atoms with Crippen LogP contribution in [0.15, 0.2) is 42.6 Å². The molecular formula is C22H26N4O. The maximum atomic E-state index is 5.97. The Morgan fingerprint density at radius 2 is 1.96 bits per heavy atom. The molecule has 1 aromatic carbocycles. The van der Waals surface area contributed by atoms with Crippen molar-refractivity contribution in [2.75, 3.05) is 24.6 Å². The van der Waals surface area contributed by atoms with Crippen LogP contribution in [-0.2, 0) is 0 Å². The molecule has 0 spiro atoms. The first-order valence-corrected chi connectivity index (χ1v) is 10.2. The molecule has 3 aromatic rings. The number of imidazole rings is 1. The molecule has 140 valence electrons. The Morgan fingerprint density at radius 1 is 1.04 bits per heavy atom. The molecule has 1 saturated carbocycles. The van der Waals surface area contributed by atoms with Gasteiger partial charge in [-0.1, -0.05) is 25.0 Å². The molecule has 27 heavy (non-hydrogen) atoms. The molecule has 2 aliphatic rings. The number of rotatable bonds is 2. The van der Waals surface area contributed by atoms with E-state index >= 15 is 0 Å². The Labute approximate surface area is 160 Å². The fraction of sp³-hybridized carbons (Fsp3) is 0.455. The third-order valence-electron chi connectivity index (χ3n) is 5.57. The number of aromatic nitrogens is 3. The van der Waals surface area contributed by atoms with Crippen molar-refractivity contribution >= 4 is 11.5 Å². The van der Waals surface area contributed by atoms with Crippen molar-refractivity contribution in [3.63, 3.8) is 0 Å². The molecule has 5 heteroatoms. The predicted octanol–water partition coefficient (Wildman–Crippen LogP) is 4.57. The zero-order valence-corrected chi connectivity index (χ0v) is 15.7. The monoisotopic (exact) mass is 362 g/mol. The zero-order valence-electron chi connectivity index (χ0n) is 15.7. The Bertz CT molecular complexity index is 931. The highest BCUT2D eigenvalue weighted by Gasteiger charge is 2.25. The van der Waals surface area contributed by atoms with E-state index < -0.39 is 0 Å². The van der Waals surface area contributed by atoms with Gasteiger partial charge in [-0.25, -0.2) is 9.50 Å². The van der Waals surface area contributed by atoms with Gasteiger partial charge in [-0.3, -0.25) is 0 Å². The number of benzene rings is 1. The lowest BCUT2D eigenvalue weighted by molar-refractivity contribution is 0.305. The summed E-state index contributed by atoms with van der Waals surface area (Å²) in [6, 6.07) is 12.5. The number of hydrogen-bond donors (Lipinski definition) is 0. The second-order valence-electron chi connectivity index (χ2n) is 7.78. The van der Waals surface area contributed by atoms with Gasteiger partial charge in [0.1, 0.15) is 11.6 Å². The third-order valence-corrected chi connectivity index (χ3v) is 5.57. The topological polar surface area (TPSA) is 42.7 Å². The van der Waals surface area contributed by atoms with Crippen molar-refractivity contribution in [3.8, 4) is 17.0 Å². The van der Waals surface area contributed by atoms with Crippen LogP contribution in [0.2, 0.25) is 0 Å². The maximum Gasteiger partial charge on any atom is 0.154 e. The number of ether oxygens (including phenoxy) is 1. The Hall–Kier alpha value is -2.56. The number of anilines is 1. The summed E-state index contributed by atoms with van der Waals surface area (Å²) < 4.78 is 7.95. The summed E-state index contributed by atoms with van der Waals surface area (Å²) in [5.41, 5.74) is 2.99. The lowest BCUT2D eigenvalue weighted by Gasteiger charge is -2.23. The van der Waals surface area contributed by atoms with Gasteiger partial charge in [0.15, 0.2) is 5.65 Å². The normalized spacial score (nSPS) is 18.1. The van der Waals surface area contributed by atoms with Crippen molar-refractivity contribution in [1.29, 1.82) is 0 Å². The van der Waals surface area contributed by atoms with Gasteiger partial charge in [0.05, 0.1) is 18.5 Å². The lowest BCUT2D eigenvalue weighted by Crippen LogP contribution is -2.28. The molecule has 0 unspecified atom stereocenters. The molecule has 1 aliphatic carbocycles. The van der Waals surface area contributed by atoms with Crippen LogP contribution in [0.3, 0.4) is 0 Å². The second-order valence-corrected chi connectivity index (χ2v) is 7.78. The minimum absolute atomic E-state index is 0.781. The lowest BCUT2D eigenvalue weighted by atomic mass is 10.1. The van der Waals surface area contributed by atoms with Crippen LogP contribution in [0.5, 0.6) is 5.75 Å². The predicted molar refractivity (Wildman–Crippen MR) is 107 cm³/mol. The highest BCUT2D eigenvalue weighted by molar-refractivity contribution is 5.65. The minimum Gasteiger partial charge on any atom is -0.494 e. The van der Waals surface area contributed by atoms with Gasteiger partial charge in [-0.2, -0.15) is 0 Å². The van der Waals surface area contributed by atoms with Gasteiger partial charge in [0.25, 0.3) is 0 Å². The van der Waals surface area contributed by atoms with E-state index in [9.17, 15) is 0 Å². The van der Waals surface area contributed by atoms with E-state index in [-0.39, 0.29) is 0 Å². The van der Waals surface area contributed by atoms with E-state index in [0.29, 0.717) is 0 Å². The van der Waals surface area contributed by atoms with Gasteiger partial charge >= 0.3 is 0 Å². The molecule has 5 nitrogen and oxygen atoms in total. The third kappa shape index (κ3) is 3.64. The van der Waals surface area contributed by atoms with E-state index in [1.54, 1.807) is 0 Å². The zero-order chi connectivity index (χ0) is 18.1. The van der Waals surface area contributed by atoms with Crippen LogP contribution >= 0.6 is 0 Å². The van der Waals surface area contributed by atoms with Crippen molar-refractivity contribution < 1.29 is 4.74 Å². The van der Waals surface area contributed by atoms with Crippen LogP contribution in [0.4, 0.5) is 5.82 Å². The number of fused-ring (bicyclic) bond motifs is 4.